The number of aryl methyl sites for hydroxylation is 3. The molecule has 3 nitrogen and oxygen atoms in total. The van der Waals surface area contributed by atoms with Gasteiger partial charge in [-0.05, 0) is 55.2 Å². The standard InChI is InChI=1S/C14H19NO2S/c1-8-6-10(3)11(7-9(8)2)13-15-12(14(16)17)4-5-18-13/h6-7,12-13,15H,4-5H2,1-3H3,(H,16,17). The molecule has 1 aromatic rings. The molecule has 0 radical (unpaired) electrons. The molecular weight excluding hydrogens is 246 g/mol. The maximum Gasteiger partial charge on any atom is 0.320 e. The highest BCUT2D eigenvalue weighted by atomic mass is 32.2. The lowest BCUT2D eigenvalue weighted by molar-refractivity contribution is -0.139. The third-order valence-corrected chi connectivity index (χ3v) is 4.70. The first-order valence-electron chi connectivity index (χ1n) is 6.17. The number of carboxylic acids is 1. The van der Waals surface area contributed by atoms with Crippen molar-refractivity contribution in [2.45, 2.75) is 38.6 Å². The molecule has 0 amide bonds. The van der Waals surface area contributed by atoms with Gasteiger partial charge in [-0.1, -0.05) is 12.1 Å². The smallest absolute Gasteiger partial charge is 0.320 e. The molecule has 4 heteroatoms. The van der Waals surface area contributed by atoms with Gasteiger partial charge in [0.15, 0.2) is 0 Å². The molecule has 2 N–H and O–H groups in total. The Morgan fingerprint density at radius 3 is 2.61 bits per heavy atom. The lowest BCUT2D eigenvalue weighted by Crippen LogP contribution is -2.42. The predicted octanol–water partition coefficient (Wildman–Crippen LogP) is 2.79. The summed E-state index contributed by atoms with van der Waals surface area (Å²) >= 11 is 1.79. The van der Waals surface area contributed by atoms with Crippen molar-refractivity contribution in [1.29, 1.82) is 0 Å². The molecule has 1 heterocycles. The Labute approximate surface area is 112 Å². The van der Waals surface area contributed by atoms with E-state index in [1.54, 1.807) is 11.8 Å². The fraction of sp³-hybridized carbons (Fsp3) is 0.500. The van der Waals surface area contributed by atoms with Gasteiger partial charge in [-0.25, -0.2) is 0 Å². The first kappa shape index (κ1) is 13.4. The summed E-state index contributed by atoms with van der Waals surface area (Å²) in [7, 11) is 0. The van der Waals surface area contributed by atoms with Crippen LogP contribution in [-0.2, 0) is 4.79 Å². The van der Waals surface area contributed by atoms with Crippen LogP contribution in [0.15, 0.2) is 12.1 Å². The highest BCUT2D eigenvalue weighted by Gasteiger charge is 2.28. The van der Waals surface area contributed by atoms with E-state index < -0.39 is 12.0 Å². The Hall–Kier alpha value is -1.00. The van der Waals surface area contributed by atoms with Crippen LogP contribution in [0.25, 0.3) is 0 Å². The molecule has 1 aliphatic heterocycles. The van der Waals surface area contributed by atoms with Crippen LogP contribution in [0.2, 0.25) is 0 Å². The van der Waals surface area contributed by atoms with Crippen LogP contribution in [0.1, 0.15) is 34.0 Å². The fourth-order valence-corrected chi connectivity index (χ4v) is 3.56. The Bertz CT molecular complexity index is 473. The Kier molecular flexibility index (Phi) is 3.97. The second kappa shape index (κ2) is 5.33. The van der Waals surface area contributed by atoms with Gasteiger partial charge in [0, 0.05) is 0 Å². The van der Waals surface area contributed by atoms with Crippen LogP contribution >= 0.6 is 11.8 Å². The molecule has 0 aliphatic carbocycles. The lowest BCUT2D eigenvalue weighted by atomic mass is 10.00. The summed E-state index contributed by atoms with van der Waals surface area (Å²) in [4.78, 5) is 11.1. The van der Waals surface area contributed by atoms with Crippen molar-refractivity contribution in [2.24, 2.45) is 0 Å². The maximum absolute atomic E-state index is 11.1. The Morgan fingerprint density at radius 2 is 1.94 bits per heavy atom. The number of carboxylic acid groups (broad SMARTS) is 1. The minimum Gasteiger partial charge on any atom is -0.480 e. The molecule has 2 rings (SSSR count). The fourth-order valence-electron chi connectivity index (χ4n) is 2.26. The van der Waals surface area contributed by atoms with E-state index in [9.17, 15) is 4.79 Å². The van der Waals surface area contributed by atoms with Gasteiger partial charge in [0.1, 0.15) is 6.04 Å². The number of hydrogen-bond donors (Lipinski definition) is 2. The molecule has 2 unspecified atom stereocenters. The van der Waals surface area contributed by atoms with Crippen LogP contribution < -0.4 is 5.32 Å². The van der Waals surface area contributed by atoms with E-state index in [4.69, 9.17) is 5.11 Å². The zero-order valence-corrected chi connectivity index (χ0v) is 11.8. The van der Waals surface area contributed by atoms with Crippen molar-refractivity contribution < 1.29 is 9.90 Å². The van der Waals surface area contributed by atoms with E-state index in [0.29, 0.717) is 6.42 Å². The summed E-state index contributed by atoms with van der Waals surface area (Å²) in [6.45, 7) is 6.29. The van der Waals surface area contributed by atoms with Crippen molar-refractivity contribution in [3.8, 4) is 0 Å². The van der Waals surface area contributed by atoms with Gasteiger partial charge in [-0.15, -0.1) is 11.8 Å². The second-order valence-electron chi connectivity index (χ2n) is 4.89. The third-order valence-electron chi connectivity index (χ3n) is 3.51. The first-order valence-corrected chi connectivity index (χ1v) is 7.22. The number of rotatable bonds is 2. The normalized spacial score (nSPS) is 23.9. The molecule has 0 aromatic heterocycles. The van der Waals surface area contributed by atoms with E-state index in [2.05, 4.69) is 38.2 Å². The topological polar surface area (TPSA) is 49.3 Å². The summed E-state index contributed by atoms with van der Waals surface area (Å²) < 4.78 is 0. The molecule has 1 fully saturated rings. The van der Waals surface area contributed by atoms with Crippen molar-refractivity contribution in [1.82, 2.24) is 5.32 Å². The molecule has 0 bridgehead atoms. The van der Waals surface area contributed by atoms with E-state index >= 15 is 0 Å². The molecule has 1 aliphatic rings. The van der Waals surface area contributed by atoms with E-state index in [0.717, 1.165) is 5.75 Å². The minimum atomic E-state index is -0.748. The molecule has 1 aromatic carbocycles. The van der Waals surface area contributed by atoms with E-state index in [-0.39, 0.29) is 5.37 Å². The number of carbonyl (C=O) groups is 1. The van der Waals surface area contributed by atoms with Crippen LogP contribution in [-0.4, -0.2) is 22.9 Å². The Balaban J connectivity index is 2.26. The molecule has 0 spiro atoms. The zero-order chi connectivity index (χ0) is 13.3. The van der Waals surface area contributed by atoms with Crippen LogP contribution in [0.4, 0.5) is 0 Å². The number of aliphatic carboxylic acids is 1. The molecule has 2 atom stereocenters. The molecule has 0 saturated carbocycles. The SMILES string of the molecule is Cc1cc(C)c(C2NC(C(=O)O)CCS2)cc1C. The lowest BCUT2D eigenvalue weighted by Gasteiger charge is -2.29. The molecule has 98 valence electrons. The predicted molar refractivity (Wildman–Crippen MR) is 75.0 cm³/mol. The summed E-state index contributed by atoms with van der Waals surface area (Å²) in [5.74, 6) is 0.142. The molecule has 1 saturated heterocycles. The number of hydrogen-bond acceptors (Lipinski definition) is 3. The van der Waals surface area contributed by atoms with Crippen molar-refractivity contribution in [3.05, 3.63) is 34.4 Å². The molecular formula is C14H19NO2S. The minimum absolute atomic E-state index is 0.0964. The van der Waals surface area contributed by atoms with Crippen LogP contribution in [0.5, 0.6) is 0 Å². The van der Waals surface area contributed by atoms with E-state index in [1.807, 2.05) is 0 Å². The largest absolute Gasteiger partial charge is 0.480 e. The highest BCUT2D eigenvalue weighted by Crippen LogP contribution is 2.34. The third kappa shape index (κ3) is 2.70. The zero-order valence-electron chi connectivity index (χ0n) is 11.0. The number of nitrogens with one attached hydrogen (secondary N) is 1. The highest BCUT2D eigenvalue weighted by molar-refractivity contribution is 7.99. The summed E-state index contributed by atoms with van der Waals surface area (Å²) in [5.41, 5.74) is 4.99. The summed E-state index contributed by atoms with van der Waals surface area (Å²) in [5, 5.41) is 12.4. The molecule has 18 heavy (non-hydrogen) atoms. The summed E-state index contributed by atoms with van der Waals surface area (Å²) in [6.07, 6.45) is 0.695. The average Bonchev–Trinajstić information content (AvgIpc) is 2.34. The van der Waals surface area contributed by atoms with Crippen molar-refractivity contribution in [2.75, 3.05) is 5.75 Å². The Morgan fingerprint density at radius 1 is 1.28 bits per heavy atom. The number of benzene rings is 1. The first-order chi connectivity index (χ1) is 8.49. The average molecular weight is 265 g/mol. The van der Waals surface area contributed by atoms with E-state index in [1.165, 1.54) is 22.3 Å². The summed E-state index contributed by atoms with van der Waals surface area (Å²) in [6, 6.07) is 3.94. The monoisotopic (exact) mass is 265 g/mol. The van der Waals surface area contributed by atoms with Gasteiger partial charge in [0.25, 0.3) is 0 Å². The van der Waals surface area contributed by atoms with Crippen molar-refractivity contribution in [3.63, 3.8) is 0 Å². The van der Waals surface area contributed by atoms with Crippen LogP contribution in [0.3, 0.4) is 0 Å². The van der Waals surface area contributed by atoms with Gasteiger partial charge in [-0.3, -0.25) is 10.1 Å². The van der Waals surface area contributed by atoms with Gasteiger partial charge in [-0.2, -0.15) is 0 Å². The van der Waals surface area contributed by atoms with Gasteiger partial charge >= 0.3 is 5.97 Å². The van der Waals surface area contributed by atoms with Crippen LogP contribution in [0, 0.1) is 20.8 Å². The van der Waals surface area contributed by atoms with Crippen molar-refractivity contribution >= 4 is 17.7 Å². The number of thioether (sulfide) groups is 1. The van der Waals surface area contributed by atoms with Gasteiger partial charge in [0.2, 0.25) is 0 Å². The maximum atomic E-state index is 11.1. The second-order valence-corrected chi connectivity index (χ2v) is 6.10. The van der Waals surface area contributed by atoms with Gasteiger partial charge < -0.3 is 5.11 Å². The quantitative estimate of drug-likeness (QED) is 0.863. The van der Waals surface area contributed by atoms with Gasteiger partial charge in [0.05, 0.1) is 5.37 Å².